The Hall–Kier alpha value is -3.05. The summed E-state index contributed by atoms with van der Waals surface area (Å²) in [6.45, 7) is 1.27. The Bertz CT molecular complexity index is 965. The van der Waals surface area contributed by atoms with E-state index in [1.165, 1.54) is 0 Å². The number of aliphatic hydroxyl groups is 1. The molecule has 27 heavy (non-hydrogen) atoms. The predicted molar refractivity (Wildman–Crippen MR) is 105 cm³/mol. The topological polar surface area (TPSA) is 70.6 Å². The molecule has 3 N–H and O–H groups in total. The first kappa shape index (κ1) is 17.4. The average molecular weight is 362 g/mol. The summed E-state index contributed by atoms with van der Waals surface area (Å²) >= 11 is 0. The second-order valence-electron chi connectivity index (χ2n) is 6.68. The Balaban J connectivity index is 1.32. The van der Waals surface area contributed by atoms with E-state index in [1.54, 1.807) is 0 Å². The highest BCUT2D eigenvalue weighted by Crippen LogP contribution is 2.28. The molecular weight excluding hydrogens is 340 g/mol. The van der Waals surface area contributed by atoms with Crippen molar-refractivity contribution < 1.29 is 14.6 Å². The number of carbonyl (C=O) groups is 1. The second kappa shape index (κ2) is 7.68. The SMILES string of the molecule is O=C(NCc1cccc2ccccc12)NC[C@H](O)c1ccc2c(c1)CCO2. The Morgan fingerprint density at radius 2 is 1.93 bits per heavy atom. The van der Waals surface area contributed by atoms with Crippen LogP contribution in [0.1, 0.15) is 22.8 Å². The first-order valence-corrected chi connectivity index (χ1v) is 9.13. The highest BCUT2D eigenvalue weighted by Gasteiger charge is 2.16. The van der Waals surface area contributed by atoms with E-state index in [2.05, 4.69) is 22.8 Å². The molecular formula is C22H22N2O3. The Morgan fingerprint density at radius 1 is 1.07 bits per heavy atom. The van der Waals surface area contributed by atoms with Crippen molar-refractivity contribution in [1.82, 2.24) is 10.6 Å². The van der Waals surface area contributed by atoms with Crippen molar-refractivity contribution in [2.24, 2.45) is 0 Å². The third-order valence-corrected chi connectivity index (χ3v) is 4.87. The molecule has 4 rings (SSSR count). The van der Waals surface area contributed by atoms with Gasteiger partial charge in [0.1, 0.15) is 5.75 Å². The quantitative estimate of drug-likeness (QED) is 0.652. The van der Waals surface area contributed by atoms with Crippen LogP contribution in [0, 0.1) is 0 Å². The molecule has 0 fully saturated rings. The summed E-state index contributed by atoms with van der Waals surface area (Å²) in [4.78, 5) is 12.1. The number of hydrogen-bond acceptors (Lipinski definition) is 3. The third kappa shape index (κ3) is 3.88. The molecule has 2 amide bonds. The molecule has 0 saturated carbocycles. The van der Waals surface area contributed by atoms with Gasteiger partial charge in [0.25, 0.3) is 0 Å². The summed E-state index contributed by atoms with van der Waals surface area (Å²) < 4.78 is 5.47. The maximum Gasteiger partial charge on any atom is 0.315 e. The fraction of sp³-hybridized carbons (Fsp3) is 0.227. The van der Waals surface area contributed by atoms with E-state index in [1.807, 2.05) is 48.5 Å². The Kier molecular flexibility index (Phi) is 4.94. The lowest BCUT2D eigenvalue weighted by atomic mass is 10.0. The van der Waals surface area contributed by atoms with Gasteiger partial charge in [-0.15, -0.1) is 0 Å². The zero-order chi connectivity index (χ0) is 18.6. The molecule has 0 saturated heterocycles. The van der Waals surface area contributed by atoms with Gasteiger partial charge < -0.3 is 20.5 Å². The Morgan fingerprint density at radius 3 is 2.85 bits per heavy atom. The van der Waals surface area contributed by atoms with Crippen LogP contribution in [0.2, 0.25) is 0 Å². The van der Waals surface area contributed by atoms with Crippen molar-refractivity contribution in [2.75, 3.05) is 13.2 Å². The van der Waals surface area contributed by atoms with Crippen molar-refractivity contribution in [3.05, 3.63) is 77.4 Å². The lowest BCUT2D eigenvalue weighted by Crippen LogP contribution is -2.37. The van der Waals surface area contributed by atoms with E-state index in [4.69, 9.17) is 4.74 Å². The molecule has 0 spiro atoms. The number of hydrogen-bond donors (Lipinski definition) is 3. The Labute approximate surface area is 158 Å². The van der Waals surface area contributed by atoms with Crippen molar-refractivity contribution in [3.8, 4) is 5.75 Å². The van der Waals surface area contributed by atoms with Gasteiger partial charge in [-0.25, -0.2) is 4.79 Å². The van der Waals surface area contributed by atoms with Gasteiger partial charge in [-0.05, 0) is 39.6 Å². The standard InChI is InChI=1S/C22H22N2O3/c25-20(16-8-9-21-17(12-16)10-11-27-21)14-24-22(26)23-13-18-6-3-5-15-4-1-2-7-19(15)18/h1-9,12,20,25H,10-11,13-14H2,(H2,23,24,26)/t20-/m0/s1. The summed E-state index contributed by atoms with van der Waals surface area (Å²) in [7, 11) is 0. The van der Waals surface area contributed by atoms with Gasteiger partial charge in [-0.1, -0.05) is 48.5 Å². The number of ether oxygens (including phenoxy) is 1. The summed E-state index contributed by atoms with van der Waals surface area (Å²) in [5, 5.41) is 18.2. The third-order valence-electron chi connectivity index (χ3n) is 4.87. The molecule has 1 aliphatic heterocycles. The molecule has 1 aliphatic rings. The number of aliphatic hydroxyl groups excluding tert-OH is 1. The summed E-state index contributed by atoms with van der Waals surface area (Å²) in [5.41, 5.74) is 2.95. The van der Waals surface area contributed by atoms with Gasteiger partial charge in [0.05, 0.1) is 12.7 Å². The minimum atomic E-state index is -0.751. The number of rotatable bonds is 5. The van der Waals surface area contributed by atoms with E-state index in [-0.39, 0.29) is 12.6 Å². The van der Waals surface area contributed by atoms with E-state index in [0.29, 0.717) is 13.2 Å². The van der Waals surface area contributed by atoms with Gasteiger partial charge in [-0.2, -0.15) is 0 Å². The van der Waals surface area contributed by atoms with Gasteiger partial charge in [0, 0.05) is 19.5 Å². The van der Waals surface area contributed by atoms with Gasteiger partial charge in [0.2, 0.25) is 0 Å². The van der Waals surface area contributed by atoms with Crippen molar-refractivity contribution in [1.29, 1.82) is 0 Å². The highest BCUT2D eigenvalue weighted by molar-refractivity contribution is 5.86. The molecule has 138 valence electrons. The smallest absolute Gasteiger partial charge is 0.315 e. The van der Waals surface area contributed by atoms with Gasteiger partial charge in [0.15, 0.2) is 0 Å². The number of amides is 2. The largest absolute Gasteiger partial charge is 0.493 e. The molecule has 0 bridgehead atoms. The number of nitrogens with one attached hydrogen (secondary N) is 2. The van der Waals surface area contributed by atoms with E-state index < -0.39 is 6.10 Å². The van der Waals surface area contributed by atoms with E-state index in [0.717, 1.165) is 39.6 Å². The van der Waals surface area contributed by atoms with Gasteiger partial charge >= 0.3 is 6.03 Å². The normalized spacial score (nSPS) is 13.7. The zero-order valence-corrected chi connectivity index (χ0v) is 14.9. The zero-order valence-electron chi connectivity index (χ0n) is 14.9. The molecule has 3 aromatic rings. The molecule has 0 aliphatic carbocycles. The summed E-state index contributed by atoms with van der Waals surface area (Å²) in [5.74, 6) is 0.881. The molecule has 0 radical (unpaired) electrons. The first-order valence-electron chi connectivity index (χ1n) is 9.13. The number of benzene rings is 3. The maximum absolute atomic E-state index is 12.1. The fourth-order valence-electron chi connectivity index (χ4n) is 3.41. The van der Waals surface area contributed by atoms with Crippen molar-refractivity contribution in [2.45, 2.75) is 19.1 Å². The average Bonchev–Trinajstić information content (AvgIpc) is 3.18. The highest BCUT2D eigenvalue weighted by atomic mass is 16.5. The minimum absolute atomic E-state index is 0.154. The van der Waals surface area contributed by atoms with Crippen LogP contribution in [0.15, 0.2) is 60.7 Å². The molecule has 0 unspecified atom stereocenters. The number of carbonyl (C=O) groups excluding carboxylic acids is 1. The summed E-state index contributed by atoms with van der Waals surface area (Å²) in [6, 6.07) is 19.5. The van der Waals surface area contributed by atoms with Crippen LogP contribution >= 0.6 is 0 Å². The van der Waals surface area contributed by atoms with Crippen LogP contribution in [0.3, 0.4) is 0 Å². The fourth-order valence-corrected chi connectivity index (χ4v) is 3.41. The monoisotopic (exact) mass is 362 g/mol. The molecule has 0 aromatic heterocycles. The van der Waals surface area contributed by atoms with Crippen molar-refractivity contribution in [3.63, 3.8) is 0 Å². The lowest BCUT2D eigenvalue weighted by Gasteiger charge is -2.14. The number of urea groups is 1. The van der Waals surface area contributed by atoms with E-state index >= 15 is 0 Å². The molecule has 5 heteroatoms. The molecule has 1 heterocycles. The first-order chi connectivity index (χ1) is 13.2. The van der Waals surface area contributed by atoms with Crippen molar-refractivity contribution >= 4 is 16.8 Å². The lowest BCUT2D eigenvalue weighted by molar-refractivity contribution is 0.173. The minimum Gasteiger partial charge on any atom is -0.493 e. The molecule has 5 nitrogen and oxygen atoms in total. The van der Waals surface area contributed by atoms with Crippen LogP contribution < -0.4 is 15.4 Å². The van der Waals surface area contributed by atoms with Crippen LogP contribution in [0.5, 0.6) is 5.75 Å². The van der Waals surface area contributed by atoms with Crippen LogP contribution in [0.25, 0.3) is 10.8 Å². The second-order valence-corrected chi connectivity index (χ2v) is 6.68. The maximum atomic E-state index is 12.1. The van der Waals surface area contributed by atoms with Crippen LogP contribution in [-0.2, 0) is 13.0 Å². The molecule has 3 aromatic carbocycles. The predicted octanol–water partition coefficient (Wildman–Crippen LogP) is 3.31. The van der Waals surface area contributed by atoms with E-state index in [9.17, 15) is 9.90 Å². The number of fused-ring (bicyclic) bond motifs is 2. The van der Waals surface area contributed by atoms with Crippen LogP contribution in [-0.4, -0.2) is 24.3 Å². The van der Waals surface area contributed by atoms with Crippen LogP contribution in [0.4, 0.5) is 4.79 Å². The molecule has 1 atom stereocenters. The summed E-state index contributed by atoms with van der Waals surface area (Å²) in [6.07, 6.45) is 0.105. The van der Waals surface area contributed by atoms with Gasteiger partial charge in [-0.3, -0.25) is 0 Å².